The average molecular weight is 324 g/mol. The molecule has 0 bridgehead atoms. The van der Waals surface area contributed by atoms with Crippen LogP contribution in [0.2, 0.25) is 5.02 Å². The van der Waals surface area contributed by atoms with E-state index in [4.69, 9.17) is 11.6 Å². The average Bonchev–Trinajstić information content (AvgIpc) is 2.82. The van der Waals surface area contributed by atoms with Crippen LogP contribution in [0, 0.1) is 5.92 Å². The van der Waals surface area contributed by atoms with Crippen molar-refractivity contribution in [2.24, 2.45) is 5.92 Å². The van der Waals surface area contributed by atoms with Crippen LogP contribution in [0.15, 0.2) is 29.4 Å². The van der Waals surface area contributed by atoms with Crippen LogP contribution < -0.4 is 0 Å². The highest BCUT2D eigenvalue weighted by molar-refractivity contribution is 7.99. The quantitative estimate of drug-likeness (QED) is 0.521. The number of halogens is 1. The lowest BCUT2D eigenvalue weighted by atomic mass is 10.2. The van der Waals surface area contributed by atoms with Crippen molar-refractivity contribution in [2.75, 3.05) is 5.75 Å². The molecule has 0 atom stereocenters. The standard InChI is InChI=1S/C16H22ClN3S/c1-4-5-10-21-16-19-18-15(20(16)11-12(2)3)13-6-8-14(17)9-7-13/h6-9,12H,4-5,10-11H2,1-3H3. The van der Waals surface area contributed by atoms with Gasteiger partial charge >= 0.3 is 0 Å². The maximum absolute atomic E-state index is 5.97. The minimum atomic E-state index is 0.553. The first-order valence-corrected chi connectivity index (χ1v) is 8.80. The summed E-state index contributed by atoms with van der Waals surface area (Å²) in [7, 11) is 0. The largest absolute Gasteiger partial charge is 0.302 e. The third-order valence-electron chi connectivity index (χ3n) is 3.10. The van der Waals surface area contributed by atoms with Crippen LogP contribution in [-0.4, -0.2) is 20.5 Å². The summed E-state index contributed by atoms with van der Waals surface area (Å²) in [5, 5.41) is 10.5. The Morgan fingerprint density at radius 1 is 1.19 bits per heavy atom. The highest BCUT2D eigenvalue weighted by Gasteiger charge is 2.15. The van der Waals surface area contributed by atoms with Gasteiger partial charge in [-0.2, -0.15) is 0 Å². The molecule has 0 fully saturated rings. The molecular weight excluding hydrogens is 302 g/mol. The van der Waals surface area contributed by atoms with E-state index in [2.05, 4.69) is 35.5 Å². The fourth-order valence-corrected chi connectivity index (χ4v) is 3.20. The summed E-state index contributed by atoms with van der Waals surface area (Å²) in [5.74, 6) is 2.57. The number of aromatic nitrogens is 3. The van der Waals surface area contributed by atoms with Crippen molar-refractivity contribution in [1.82, 2.24) is 14.8 Å². The second-order valence-corrected chi connectivity index (χ2v) is 7.02. The molecule has 0 aliphatic heterocycles. The minimum Gasteiger partial charge on any atom is -0.302 e. The molecule has 0 spiro atoms. The molecule has 3 nitrogen and oxygen atoms in total. The number of thioether (sulfide) groups is 1. The van der Waals surface area contributed by atoms with Gasteiger partial charge in [-0.05, 0) is 36.6 Å². The number of nitrogens with zero attached hydrogens (tertiary/aromatic N) is 3. The van der Waals surface area contributed by atoms with Crippen LogP contribution in [0.4, 0.5) is 0 Å². The summed E-state index contributed by atoms with van der Waals surface area (Å²) in [6.45, 7) is 7.57. The van der Waals surface area contributed by atoms with Crippen LogP contribution in [0.5, 0.6) is 0 Å². The Hall–Kier alpha value is -1.00. The molecule has 0 amide bonds. The molecule has 1 aromatic heterocycles. The fourth-order valence-electron chi connectivity index (χ4n) is 2.05. The van der Waals surface area contributed by atoms with E-state index in [-0.39, 0.29) is 0 Å². The second-order valence-electron chi connectivity index (χ2n) is 5.52. The van der Waals surface area contributed by atoms with Crippen molar-refractivity contribution in [3.63, 3.8) is 0 Å². The topological polar surface area (TPSA) is 30.7 Å². The molecule has 0 unspecified atom stereocenters. The van der Waals surface area contributed by atoms with E-state index in [1.165, 1.54) is 12.8 Å². The molecule has 1 heterocycles. The van der Waals surface area contributed by atoms with Gasteiger partial charge in [-0.3, -0.25) is 0 Å². The van der Waals surface area contributed by atoms with Gasteiger partial charge in [0.15, 0.2) is 11.0 Å². The third-order valence-corrected chi connectivity index (χ3v) is 4.40. The van der Waals surface area contributed by atoms with Crippen LogP contribution in [0.25, 0.3) is 11.4 Å². The van der Waals surface area contributed by atoms with E-state index in [1.54, 1.807) is 11.8 Å². The van der Waals surface area contributed by atoms with Gasteiger partial charge in [0, 0.05) is 22.9 Å². The number of rotatable bonds is 7. The molecule has 0 N–H and O–H groups in total. The van der Waals surface area contributed by atoms with Gasteiger partial charge in [0.2, 0.25) is 0 Å². The van der Waals surface area contributed by atoms with E-state index in [1.807, 2.05) is 24.3 Å². The lowest BCUT2D eigenvalue weighted by Crippen LogP contribution is -2.08. The lowest BCUT2D eigenvalue weighted by molar-refractivity contribution is 0.498. The maximum Gasteiger partial charge on any atom is 0.191 e. The van der Waals surface area contributed by atoms with E-state index in [0.29, 0.717) is 5.92 Å². The zero-order chi connectivity index (χ0) is 15.2. The smallest absolute Gasteiger partial charge is 0.191 e. The molecule has 21 heavy (non-hydrogen) atoms. The highest BCUT2D eigenvalue weighted by Crippen LogP contribution is 2.26. The first kappa shape index (κ1) is 16.4. The van der Waals surface area contributed by atoms with Crippen molar-refractivity contribution < 1.29 is 0 Å². The van der Waals surface area contributed by atoms with E-state index >= 15 is 0 Å². The third kappa shape index (κ3) is 4.48. The molecule has 0 saturated heterocycles. The SMILES string of the molecule is CCCCSc1nnc(-c2ccc(Cl)cc2)n1CC(C)C. The van der Waals surface area contributed by atoms with Gasteiger partial charge < -0.3 is 4.57 Å². The summed E-state index contributed by atoms with van der Waals surface area (Å²) in [4.78, 5) is 0. The molecular formula is C16H22ClN3S. The molecule has 2 aromatic rings. The molecule has 0 aliphatic rings. The highest BCUT2D eigenvalue weighted by atomic mass is 35.5. The molecule has 0 aliphatic carbocycles. The normalized spacial score (nSPS) is 11.3. The van der Waals surface area contributed by atoms with Crippen molar-refractivity contribution >= 4 is 23.4 Å². The monoisotopic (exact) mass is 323 g/mol. The summed E-state index contributed by atoms with van der Waals surface area (Å²) >= 11 is 7.76. The number of unbranched alkanes of at least 4 members (excludes halogenated alkanes) is 1. The Balaban J connectivity index is 2.29. The molecule has 2 rings (SSSR count). The zero-order valence-electron chi connectivity index (χ0n) is 12.8. The Morgan fingerprint density at radius 2 is 1.90 bits per heavy atom. The van der Waals surface area contributed by atoms with E-state index in [9.17, 15) is 0 Å². The summed E-state index contributed by atoms with van der Waals surface area (Å²) < 4.78 is 2.23. The van der Waals surface area contributed by atoms with Crippen molar-refractivity contribution in [2.45, 2.75) is 45.3 Å². The van der Waals surface area contributed by atoms with Gasteiger partial charge in [0.05, 0.1) is 0 Å². The molecule has 0 saturated carbocycles. The fraction of sp³-hybridized carbons (Fsp3) is 0.500. The van der Waals surface area contributed by atoms with Crippen molar-refractivity contribution in [3.8, 4) is 11.4 Å². The molecule has 5 heteroatoms. The maximum atomic E-state index is 5.97. The number of hydrogen-bond acceptors (Lipinski definition) is 3. The van der Waals surface area contributed by atoms with Crippen LogP contribution in [-0.2, 0) is 6.54 Å². The van der Waals surface area contributed by atoms with Gasteiger partial charge in [-0.15, -0.1) is 10.2 Å². The Bertz CT molecular complexity index is 563. The van der Waals surface area contributed by atoms with Crippen LogP contribution >= 0.6 is 23.4 Å². The predicted molar refractivity (Wildman–Crippen MR) is 90.9 cm³/mol. The van der Waals surface area contributed by atoms with Crippen molar-refractivity contribution in [3.05, 3.63) is 29.3 Å². The Kier molecular flexibility index (Phi) is 6.12. The summed E-state index contributed by atoms with van der Waals surface area (Å²) in [5.41, 5.74) is 1.06. The van der Waals surface area contributed by atoms with Gasteiger partial charge in [-0.1, -0.05) is 50.6 Å². The van der Waals surface area contributed by atoms with Crippen molar-refractivity contribution in [1.29, 1.82) is 0 Å². The molecule has 0 radical (unpaired) electrons. The van der Waals surface area contributed by atoms with E-state index < -0.39 is 0 Å². The lowest BCUT2D eigenvalue weighted by Gasteiger charge is -2.12. The van der Waals surface area contributed by atoms with Gasteiger partial charge in [0.25, 0.3) is 0 Å². The summed E-state index contributed by atoms with van der Waals surface area (Å²) in [6, 6.07) is 7.80. The van der Waals surface area contributed by atoms with Crippen LogP contribution in [0.3, 0.4) is 0 Å². The van der Waals surface area contributed by atoms with Gasteiger partial charge in [-0.25, -0.2) is 0 Å². The van der Waals surface area contributed by atoms with Gasteiger partial charge in [0.1, 0.15) is 0 Å². The zero-order valence-corrected chi connectivity index (χ0v) is 14.4. The first-order chi connectivity index (χ1) is 10.1. The Morgan fingerprint density at radius 3 is 2.52 bits per heavy atom. The Labute approximate surface area is 136 Å². The molecule has 1 aromatic carbocycles. The minimum absolute atomic E-state index is 0.553. The second kappa shape index (κ2) is 7.85. The predicted octanol–water partition coefficient (Wildman–Crippen LogP) is 5.15. The summed E-state index contributed by atoms with van der Waals surface area (Å²) in [6.07, 6.45) is 2.41. The van der Waals surface area contributed by atoms with E-state index in [0.717, 1.165) is 33.9 Å². The number of hydrogen-bond donors (Lipinski definition) is 0. The number of benzene rings is 1. The molecule has 114 valence electrons. The first-order valence-electron chi connectivity index (χ1n) is 7.43. The van der Waals surface area contributed by atoms with Crippen LogP contribution in [0.1, 0.15) is 33.6 Å².